The second-order valence-electron chi connectivity index (χ2n) is 4.15. The van der Waals surface area contributed by atoms with Gasteiger partial charge in [0.15, 0.2) is 11.5 Å². The number of methoxy groups -OCH3 is 2. The number of hydrogen-bond acceptors (Lipinski definition) is 3. The van der Waals surface area contributed by atoms with Gasteiger partial charge in [-0.3, -0.25) is 0 Å². The minimum Gasteiger partial charge on any atom is -0.493 e. The van der Waals surface area contributed by atoms with Crippen molar-refractivity contribution in [3.05, 3.63) is 36.0 Å². The molecule has 1 rings (SSSR count). The summed E-state index contributed by atoms with van der Waals surface area (Å²) >= 11 is 0. The molecule has 0 fully saturated rings. The lowest BCUT2D eigenvalue weighted by atomic mass is 10.1. The summed E-state index contributed by atoms with van der Waals surface area (Å²) in [5.74, 6) is 1.40. The molecule has 20 heavy (non-hydrogen) atoms. The van der Waals surface area contributed by atoms with E-state index in [9.17, 15) is 4.79 Å². The number of nitrogens with one attached hydrogen (secondary N) is 2. The van der Waals surface area contributed by atoms with E-state index >= 15 is 0 Å². The third-order valence-electron chi connectivity index (χ3n) is 2.72. The fourth-order valence-electron chi connectivity index (χ4n) is 1.66. The summed E-state index contributed by atoms with van der Waals surface area (Å²) in [6, 6.07) is 5.53. The van der Waals surface area contributed by atoms with E-state index in [2.05, 4.69) is 10.6 Å². The zero-order valence-corrected chi connectivity index (χ0v) is 12.2. The Balaban J connectivity index is 2.42. The highest BCUT2D eigenvalue weighted by molar-refractivity contribution is 5.74. The molecule has 0 unspecified atom stereocenters. The van der Waals surface area contributed by atoms with Crippen molar-refractivity contribution in [2.24, 2.45) is 0 Å². The second kappa shape index (κ2) is 8.85. The molecule has 5 heteroatoms. The standard InChI is InChI=1S/C15H22N2O3/c1-4-5-9-16-15(18)17-10-8-12-6-7-13(19-2)14(11-12)20-3/h5-7,9,11H,4,8,10H2,1-3H3,(H2,16,17,18)/b9-5+. The fraction of sp³-hybridized carbons (Fsp3) is 0.400. The predicted octanol–water partition coefficient (Wildman–Crippen LogP) is 2.47. The van der Waals surface area contributed by atoms with Crippen LogP contribution in [0.4, 0.5) is 4.79 Å². The molecule has 0 aromatic heterocycles. The molecular formula is C15H22N2O3. The molecule has 0 aliphatic carbocycles. The van der Waals surface area contributed by atoms with E-state index in [0.717, 1.165) is 18.4 Å². The van der Waals surface area contributed by atoms with Crippen LogP contribution < -0.4 is 20.1 Å². The highest BCUT2D eigenvalue weighted by Gasteiger charge is 2.04. The van der Waals surface area contributed by atoms with Gasteiger partial charge in [0.1, 0.15) is 0 Å². The lowest BCUT2D eigenvalue weighted by Crippen LogP contribution is -2.33. The Morgan fingerprint density at radius 3 is 2.65 bits per heavy atom. The molecule has 110 valence electrons. The summed E-state index contributed by atoms with van der Waals surface area (Å²) in [4.78, 5) is 11.4. The lowest BCUT2D eigenvalue weighted by molar-refractivity contribution is 0.244. The first-order chi connectivity index (χ1) is 9.71. The first-order valence-corrected chi connectivity index (χ1v) is 6.61. The average Bonchev–Trinajstić information content (AvgIpc) is 2.47. The second-order valence-corrected chi connectivity index (χ2v) is 4.15. The van der Waals surface area contributed by atoms with Gasteiger partial charge in [0.05, 0.1) is 14.2 Å². The van der Waals surface area contributed by atoms with Gasteiger partial charge >= 0.3 is 6.03 Å². The van der Waals surface area contributed by atoms with Crippen molar-refractivity contribution >= 4 is 6.03 Å². The Morgan fingerprint density at radius 2 is 2.00 bits per heavy atom. The maximum Gasteiger partial charge on any atom is 0.318 e. The van der Waals surface area contributed by atoms with Crippen molar-refractivity contribution < 1.29 is 14.3 Å². The number of carbonyl (C=O) groups excluding carboxylic acids is 1. The Kier molecular flexibility index (Phi) is 7.03. The van der Waals surface area contributed by atoms with Crippen molar-refractivity contribution in [1.82, 2.24) is 10.6 Å². The number of urea groups is 1. The van der Waals surface area contributed by atoms with Crippen molar-refractivity contribution in [3.8, 4) is 11.5 Å². The summed E-state index contributed by atoms with van der Waals surface area (Å²) in [7, 11) is 3.21. The highest BCUT2D eigenvalue weighted by atomic mass is 16.5. The van der Waals surface area contributed by atoms with E-state index in [-0.39, 0.29) is 6.03 Å². The topological polar surface area (TPSA) is 59.6 Å². The van der Waals surface area contributed by atoms with Gasteiger partial charge in [-0.2, -0.15) is 0 Å². The molecule has 0 atom stereocenters. The van der Waals surface area contributed by atoms with Gasteiger partial charge in [-0.15, -0.1) is 0 Å². The Morgan fingerprint density at radius 1 is 1.25 bits per heavy atom. The van der Waals surface area contributed by atoms with E-state index in [1.165, 1.54) is 0 Å². The van der Waals surface area contributed by atoms with Crippen LogP contribution >= 0.6 is 0 Å². The Hall–Kier alpha value is -2.17. The van der Waals surface area contributed by atoms with Crippen LogP contribution in [-0.2, 0) is 6.42 Å². The largest absolute Gasteiger partial charge is 0.493 e. The molecule has 1 aromatic carbocycles. The molecule has 0 radical (unpaired) electrons. The molecule has 0 saturated carbocycles. The zero-order chi connectivity index (χ0) is 14.8. The molecule has 0 saturated heterocycles. The third-order valence-corrected chi connectivity index (χ3v) is 2.72. The lowest BCUT2D eigenvalue weighted by Gasteiger charge is -2.10. The molecular weight excluding hydrogens is 256 g/mol. The molecule has 5 nitrogen and oxygen atoms in total. The van der Waals surface area contributed by atoms with Crippen LogP contribution in [-0.4, -0.2) is 26.8 Å². The predicted molar refractivity (Wildman–Crippen MR) is 79.2 cm³/mol. The van der Waals surface area contributed by atoms with Gasteiger partial charge in [0, 0.05) is 12.7 Å². The van der Waals surface area contributed by atoms with E-state index in [1.54, 1.807) is 20.4 Å². The van der Waals surface area contributed by atoms with Gasteiger partial charge in [0.2, 0.25) is 0 Å². The number of rotatable bonds is 7. The van der Waals surface area contributed by atoms with Crippen LogP contribution in [0.2, 0.25) is 0 Å². The summed E-state index contributed by atoms with van der Waals surface area (Å²) < 4.78 is 10.4. The number of benzene rings is 1. The number of allylic oxidation sites excluding steroid dienone is 1. The highest BCUT2D eigenvalue weighted by Crippen LogP contribution is 2.27. The summed E-state index contributed by atoms with van der Waals surface area (Å²) in [5.41, 5.74) is 1.08. The van der Waals surface area contributed by atoms with Crippen LogP contribution in [0.3, 0.4) is 0 Å². The molecule has 2 N–H and O–H groups in total. The molecule has 1 aromatic rings. The quantitative estimate of drug-likeness (QED) is 0.805. The van der Waals surface area contributed by atoms with Gasteiger partial charge in [-0.1, -0.05) is 19.1 Å². The van der Waals surface area contributed by atoms with Crippen molar-refractivity contribution in [3.63, 3.8) is 0 Å². The van der Waals surface area contributed by atoms with Crippen LogP contribution in [0.1, 0.15) is 18.9 Å². The minimum atomic E-state index is -0.199. The maximum atomic E-state index is 11.4. The van der Waals surface area contributed by atoms with Crippen molar-refractivity contribution in [2.75, 3.05) is 20.8 Å². The first-order valence-electron chi connectivity index (χ1n) is 6.61. The van der Waals surface area contributed by atoms with Crippen LogP contribution in [0.5, 0.6) is 11.5 Å². The number of amides is 2. The van der Waals surface area contributed by atoms with Crippen LogP contribution in [0, 0.1) is 0 Å². The number of carbonyl (C=O) groups is 1. The maximum absolute atomic E-state index is 11.4. The average molecular weight is 278 g/mol. The van der Waals surface area contributed by atoms with E-state index in [1.807, 2.05) is 31.2 Å². The fourth-order valence-corrected chi connectivity index (χ4v) is 1.66. The Bertz CT molecular complexity index is 458. The van der Waals surface area contributed by atoms with E-state index in [4.69, 9.17) is 9.47 Å². The Labute approximate surface area is 120 Å². The smallest absolute Gasteiger partial charge is 0.318 e. The zero-order valence-electron chi connectivity index (χ0n) is 12.2. The molecule has 2 amide bonds. The van der Waals surface area contributed by atoms with E-state index < -0.39 is 0 Å². The normalized spacial score (nSPS) is 10.3. The van der Waals surface area contributed by atoms with Gasteiger partial charge < -0.3 is 20.1 Å². The van der Waals surface area contributed by atoms with Gasteiger partial charge in [-0.05, 0) is 30.5 Å². The molecule has 0 heterocycles. The SMILES string of the molecule is CC/C=C/NC(=O)NCCc1ccc(OC)c(OC)c1. The van der Waals surface area contributed by atoms with Gasteiger partial charge in [0.25, 0.3) is 0 Å². The number of ether oxygens (including phenoxy) is 2. The monoisotopic (exact) mass is 278 g/mol. The third kappa shape index (κ3) is 5.22. The van der Waals surface area contributed by atoms with Crippen LogP contribution in [0.15, 0.2) is 30.5 Å². The summed E-state index contributed by atoms with van der Waals surface area (Å²) in [6.07, 6.45) is 5.15. The van der Waals surface area contributed by atoms with Crippen LogP contribution in [0.25, 0.3) is 0 Å². The van der Waals surface area contributed by atoms with Crippen molar-refractivity contribution in [1.29, 1.82) is 0 Å². The minimum absolute atomic E-state index is 0.199. The van der Waals surface area contributed by atoms with Crippen molar-refractivity contribution in [2.45, 2.75) is 19.8 Å². The van der Waals surface area contributed by atoms with Gasteiger partial charge in [-0.25, -0.2) is 4.79 Å². The first kappa shape index (κ1) is 15.9. The summed E-state index contributed by atoms with van der Waals surface area (Å²) in [5, 5.41) is 5.42. The molecule has 0 spiro atoms. The molecule has 0 aliphatic rings. The number of hydrogen-bond donors (Lipinski definition) is 2. The molecule has 0 aliphatic heterocycles. The molecule has 0 bridgehead atoms. The van der Waals surface area contributed by atoms with E-state index in [0.29, 0.717) is 18.0 Å². The summed E-state index contributed by atoms with van der Waals surface area (Å²) in [6.45, 7) is 2.56.